The zero-order valence-corrected chi connectivity index (χ0v) is 19.1. The van der Waals surface area contributed by atoms with Crippen LogP contribution in [0.15, 0.2) is 78.9 Å². The Morgan fingerprint density at radius 3 is 2.47 bits per heavy atom. The summed E-state index contributed by atoms with van der Waals surface area (Å²) in [6.07, 6.45) is 1.68. The van der Waals surface area contributed by atoms with Gasteiger partial charge in [0.25, 0.3) is 5.91 Å². The van der Waals surface area contributed by atoms with Crippen molar-refractivity contribution in [1.82, 2.24) is 15.1 Å². The fourth-order valence-electron chi connectivity index (χ4n) is 4.51. The number of H-pyrrole nitrogens is 1. The summed E-state index contributed by atoms with van der Waals surface area (Å²) in [6.45, 7) is 3.29. The SMILES string of the molecule is CCCOc1ccc(C2c3c(-c4ccccc4O)n[nH]c3C(=O)N2CCc2ccccc2)cc1. The molecular weight excluding hydrogens is 426 g/mol. The van der Waals surface area contributed by atoms with Crippen LogP contribution >= 0.6 is 0 Å². The maximum absolute atomic E-state index is 13.5. The highest BCUT2D eigenvalue weighted by atomic mass is 16.5. The molecule has 1 aliphatic heterocycles. The number of benzene rings is 3. The average Bonchev–Trinajstić information content (AvgIpc) is 3.41. The largest absolute Gasteiger partial charge is 0.507 e. The predicted octanol–water partition coefficient (Wildman–Crippen LogP) is 5.36. The zero-order chi connectivity index (χ0) is 23.5. The molecule has 0 saturated heterocycles. The number of fused-ring (bicyclic) bond motifs is 1. The summed E-state index contributed by atoms with van der Waals surface area (Å²) < 4.78 is 5.76. The molecular formula is C28H27N3O3. The van der Waals surface area contributed by atoms with E-state index in [0.29, 0.717) is 30.1 Å². The smallest absolute Gasteiger partial charge is 0.273 e. The number of nitrogens with zero attached hydrogens (tertiary/aromatic N) is 2. The lowest BCUT2D eigenvalue weighted by Gasteiger charge is -2.26. The van der Waals surface area contributed by atoms with E-state index in [0.717, 1.165) is 29.7 Å². The van der Waals surface area contributed by atoms with Gasteiger partial charge in [-0.05, 0) is 48.2 Å². The molecule has 0 fully saturated rings. The van der Waals surface area contributed by atoms with Crippen molar-refractivity contribution in [3.05, 3.63) is 101 Å². The van der Waals surface area contributed by atoms with E-state index in [9.17, 15) is 9.90 Å². The molecule has 34 heavy (non-hydrogen) atoms. The number of aromatic hydroxyl groups is 1. The number of hydrogen-bond donors (Lipinski definition) is 2. The second kappa shape index (κ2) is 9.43. The Bertz CT molecular complexity index is 1280. The Balaban J connectivity index is 1.55. The van der Waals surface area contributed by atoms with Crippen LogP contribution in [0.25, 0.3) is 11.3 Å². The van der Waals surface area contributed by atoms with Gasteiger partial charge < -0.3 is 14.7 Å². The van der Waals surface area contributed by atoms with Crippen LogP contribution in [0.1, 0.15) is 46.6 Å². The maximum atomic E-state index is 13.5. The van der Waals surface area contributed by atoms with Gasteiger partial charge in [0, 0.05) is 17.7 Å². The third kappa shape index (κ3) is 4.03. The normalized spacial score (nSPS) is 14.9. The van der Waals surface area contributed by atoms with Crippen molar-refractivity contribution in [1.29, 1.82) is 0 Å². The molecule has 0 spiro atoms. The number of phenolic OH excluding ortho intramolecular Hbond substituents is 1. The highest BCUT2D eigenvalue weighted by Crippen LogP contribution is 2.44. The molecule has 2 heterocycles. The number of aromatic nitrogens is 2. The first-order valence-electron chi connectivity index (χ1n) is 11.6. The third-order valence-electron chi connectivity index (χ3n) is 6.18. The van der Waals surface area contributed by atoms with Gasteiger partial charge in [-0.2, -0.15) is 5.10 Å². The van der Waals surface area contributed by atoms with E-state index < -0.39 is 0 Å². The molecule has 0 radical (unpaired) electrons. The van der Waals surface area contributed by atoms with Crippen LogP contribution < -0.4 is 4.74 Å². The lowest BCUT2D eigenvalue weighted by molar-refractivity contribution is 0.0746. The first-order valence-corrected chi connectivity index (χ1v) is 11.6. The van der Waals surface area contributed by atoms with Gasteiger partial charge in [-0.15, -0.1) is 0 Å². The van der Waals surface area contributed by atoms with Crippen LogP contribution in [-0.2, 0) is 6.42 Å². The number of amides is 1. The summed E-state index contributed by atoms with van der Waals surface area (Å²) in [5.74, 6) is 0.851. The van der Waals surface area contributed by atoms with Gasteiger partial charge in [0.15, 0.2) is 0 Å². The van der Waals surface area contributed by atoms with Gasteiger partial charge in [-0.1, -0.05) is 61.5 Å². The Labute approximate surface area is 198 Å². The topological polar surface area (TPSA) is 78.5 Å². The fraction of sp³-hybridized carbons (Fsp3) is 0.214. The Kier molecular flexibility index (Phi) is 6.04. The molecule has 0 aliphatic carbocycles. The lowest BCUT2D eigenvalue weighted by Crippen LogP contribution is -2.31. The molecule has 1 aromatic heterocycles. The number of carbonyl (C=O) groups excluding carboxylic acids is 1. The summed E-state index contributed by atoms with van der Waals surface area (Å²) in [4.78, 5) is 15.4. The van der Waals surface area contributed by atoms with Crippen molar-refractivity contribution in [2.45, 2.75) is 25.8 Å². The van der Waals surface area contributed by atoms with Crippen molar-refractivity contribution < 1.29 is 14.6 Å². The van der Waals surface area contributed by atoms with Crippen LogP contribution in [0.3, 0.4) is 0 Å². The summed E-state index contributed by atoms with van der Waals surface area (Å²) >= 11 is 0. The third-order valence-corrected chi connectivity index (χ3v) is 6.18. The van der Waals surface area contributed by atoms with E-state index in [2.05, 4.69) is 29.3 Å². The van der Waals surface area contributed by atoms with E-state index >= 15 is 0 Å². The second-order valence-electron chi connectivity index (χ2n) is 8.43. The van der Waals surface area contributed by atoms with Crippen molar-refractivity contribution >= 4 is 5.91 Å². The van der Waals surface area contributed by atoms with E-state index in [4.69, 9.17) is 4.74 Å². The Hall–Kier alpha value is -4.06. The average molecular weight is 454 g/mol. The Morgan fingerprint density at radius 2 is 1.74 bits per heavy atom. The number of carbonyl (C=O) groups is 1. The number of nitrogens with one attached hydrogen (secondary N) is 1. The highest BCUT2D eigenvalue weighted by molar-refractivity contribution is 6.00. The van der Waals surface area contributed by atoms with E-state index in [1.165, 1.54) is 5.56 Å². The van der Waals surface area contributed by atoms with Crippen LogP contribution in [-0.4, -0.2) is 39.3 Å². The lowest BCUT2D eigenvalue weighted by atomic mass is 9.95. The standard InChI is InChI=1S/C28H27N3O3/c1-2-18-34-21-14-12-20(13-15-21)27-24-25(22-10-6-7-11-23(22)32)29-30-26(24)28(33)31(27)17-16-19-8-4-3-5-9-19/h3-15,27,32H,2,16-18H2,1H3,(H,29,30). The molecule has 0 bridgehead atoms. The molecule has 2 N–H and O–H groups in total. The molecule has 0 saturated carbocycles. The highest BCUT2D eigenvalue weighted by Gasteiger charge is 2.42. The number of phenols is 1. The number of ether oxygens (including phenoxy) is 1. The monoisotopic (exact) mass is 453 g/mol. The number of rotatable bonds is 8. The van der Waals surface area contributed by atoms with Gasteiger partial charge >= 0.3 is 0 Å². The van der Waals surface area contributed by atoms with Crippen LogP contribution in [0.2, 0.25) is 0 Å². The number of para-hydroxylation sites is 1. The summed E-state index contributed by atoms with van der Waals surface area (Å²) in [5, 5.41) is 17.9. The minimum absolute atomic E-state index is 0.0867. The van der Waals surface area contributed by atoms with Gasteiger partial charge in [0.05, 0.1) is 12.6 Å². The molecule has 1 unspecified atom stereocenters. The quantitative estimate of drug-likeness (QED) is 0.377. The molecule has 172 valence electrons. The number of hydrogen-bond acceptors (Lipinski definition) is 4. The molecule has 6 heteroatoms. The first-order chi connectivity index (χ1) is 16.7. The van der Waals surface area contributed by atoms with Gasteiger partial charge in [-0.25, -0.2) is 0 Å². The van der Waals surface area contributed by atoms with Crippen molar-refractivity contribution in [2.75, 3.05) is 13.2 Å². The van der Waals surface area contributed by atoms with Crippen molar-refractivity contribution in [3.8, 4) is 22.8 Å². The molecule has 6 nitrogen and oxygen atoms in total. The fourth-order valence-corrected chi connectivity index (χ4v) is 4.51. The molecule has 5 rings (SSSR count). The second-order valence-corrected chi connectivity index (χ2v) is 8.43. The minimum Gasteiger partial charge on any atom is -0.507 e. The summed E-state index contributed by atoms with van der Waals surface area (Å²) in [6, 6.07) is 24.8. The van der Waals surface area contributed by atoms with Gasteiger partial charge in [0.1, 0.15) is 22.9 Å². The predicted molar refractivity (Wildman–Crippen MR) is 131 cm³/mol. The molecule has 3 aromatic carbocycles. The van der Waals surface area contributed by atoms with E-state index in [1.807, 2.05) is 59.5 Å². The molecule has 1 amide bonds. The van der Waals surface area contributed by atoms with Crippen LogP contribution in [0, 0.1) is 0 Å². The summed E-state index contributed by atoms with van der Waals surface area (Å²) in [5.41, 5.74) is 4.61. The minimum atomic E-state index is -0.320. The first kappa shape index (κ1) is 21.8. The van der Waals surface area contributed by atoms with E-state index in [1.54, 1.807) is 12.1 Å². The van der Waals surface area contributed by atoms with Crippen LogP contribution in [0.5, 0.6) is 11.5 Å². The zero-order valence-electron chi connectivity index (χ0n) is 19.1. The maximum Gasteiger partial charge on any atom is 0.273 e. The summed E-state index contributed by atoms with van der Waals surface area (Å²) in [7, 11) is 0. The van der Waals surface area contributed by atoms with E-state index in [-0.39, 0.29) is 17.7 Å². The Morgan fingerprint density at radius 1 is 1.00 bits per heavy atom. The van der Waals surface area contributed by atoms with Crippen molar-refractivity contribution in [2.24, 2.45) is 0 Å². The van der Waals surface area contributed by atoms with Crippen molar-refractivity contribution in [3.63, 3.8) is 0 Å². The molecule has 1 aliphatic rings. The van der Waals surface area contributed by atoms with Crippen LogP contribution in [0.4, 0.5) is 0 Å². The molecule has 4 aromatic rings. The molecule has 1 atom stereocenters. The van der Waals surface area contributed by atoms with Gasteiger partial charge in [-0.3, -0.25) is 9.89 Å². The van der Waals surface area contributed by atoms with Gasteiger partial charge in [0.2, 0.25) is 0 Å². The number of aromatic amines is 1.